The second-order valence-electron chi connectivity index (χ2n) is 9.19. The maximum Gasteiger partial charge on any atom is 0.417 e. The maximum atomic E-state index is 12.9. The van der Waals surface area contributed by atoms with Crippen molar-refractivity contribution >= 4 is 5.91 Å². The molecule has 0 saturated carbocycles. The second kappa shape index (κ2) is 10.7. The number of halogens is 3. The largest absolute Gasteiger partial charge is 0.474 e. The van der Waals surface area contributed by atoms with Crippen LogP contribution in [0.2, 0.25) is 0 Å². The zero-order chi connectivity index (χ0) is 25.0. The highest BCUT2D eigenvalue weighted by atomic mass is 19.4. The normalized spacial score (nSPS) is 17.9. The summed E-state index contributed by atoms with van der Waals surface area (Å²) < 4.78 is 43.8. The quantitative estimate of drug-likeness (QED) is 0.602. The Morgan fingerprint density at radius 3 is 2.20 bits per heavy atom. The Hall–Kier alpha value is -3.07. The lowest BCUT2D eigenvalue weighted by Gasteiger charge is -2.36. The number of hydrogen-bond acceptors (Lipinski definition) is 5. The molecule has 4 rings (SSSR count). The number of carbonyl (C=O) groups excluding carboxylic acids is 1. The molecule has 1 aromatic heterocycles. The van der Waals surface area contributed by atoms with Crippen LogP contribution in [0.15, 0.2) is 54.9 Å². The lowest BCUT2D eigenvalue weighted by atomic mass is 10.1. The van der Waals surface area contributed by atoms with Crippen molar-refractivity contribution in [2.24, 2.45) is 0 Å². The van der Waals surface area contributed by atoms with E-state index in [1.165, 1.54) is 11.6 Å². The van der Waals surface area contributed by atoms with Gasteiger partial charge in [0, 0.05) is 82.2 Å². The van der Waals surface area contributed by atoms with Gasteiger partial charge in [0.05, 0.1) is 5.56 Å². The van der Waals surface area contributed by atoms with E-state index >= 15 is 0 Å². The van der Waals surface area contributed by atoms with Gasteiger partial charge in [-0.25, -0.2) is 4.98 Å². The average Bonchev–Trinajstić information content (AvgIpc) is 2.85. The molecule has 2 aliphatic rings. The first-order valence-electron chi connectivity index (χ1n) is 11.9. The fourth-order valence-corrected chi connectivity index (χ4v) is 4.45. The van der Waals surface area contributed by atoms with Crippen molar-refractivity contribution < 1.29 is 22.7 Å². The molecule has 2 saturated heterocycles. The summed E-state index contributed by atoms with van der Waals surface area (Å²) in [6, 6.07) is 10.0. The van der Waals surface area contributed by atoms with Crippen molar-refractivity contribution in [2.45, 2.75) is 38.6 Å². The third kappa shape index (κ3) is 6.54. The number of hydrogen-bond donors (Lipinski definition) is 0. The average molecular weight is 489 g/mol. The summed E-state index contributed by atoms with van der Waals surface area (Å²) in [6.07, 6.45) is -2.63. The van der Waals surface area contributed by atoms with Crippen LogP contribution in [0.4, 0.5) is 13.2 Å². The highest BCUT2D eigenvalue weighted by Gasteiger charge is 2.31. The second-order valence-corrected chi connectivity index (χ2v) is 9.19. The van der Waals surface area contributed by atoms with Crippen LogP contribution in [-0.4, -0.2) is 71.0 Å². The number of piperazine rings is 1. The molecule has 3 heterocycles. The molecule has 0 radical (unpaired) electrons. The minimum absolute atomic E-state index is 0.0160. The fourth-order valence-electron chi connectivity index (χ4n) is 4.45. The molecule has 9 heteroatoms. The lowest BCUT2D eigenvalue weighted by molar-refractivity contribution is -0.137. The molecule has 6 nitrogen and oxygen atoms in total. The minimum Gasteiger partial charge on any atom is -0.474 e. The molecule has 0 N–H and O–H groups in total. The fraction of sp³-hybridized carbons (Fsp3) is 0.462. The van der Waals surface area contributed by atoms with Crippen LogP contribution in [0.5, 0.6) is 5.88 Å². The molecule has 0 spiro atoms. The Kier molecular flexibility index (Phi) is 7.64. The zero-order valence-electron chi connectivity index (χ0n) is 19.9. The van der Waals surface area contributed by atoms with E-state index in [-0.39, 0.29) is 17.9 Å². The van der Waals surface area contributed by atoms with Crippen LogP contribution < -0.4 is 4.74 Å². The van der Waals surface area contributed by atoms with Crippen LogP contribution in [-0.2, 0) is 12.7 Å². The Morgan fingerprint density at radius 1 is 1.00 bits per heavy atom. The number of piperidine rings is 1. The van der Waals surface area contributed by atoms with E-state index in [0.29, 0.717) is 31.5 Å². The predicted molar refractivity (Wildman–Crippen MR) is 127 cm³/mol. The van der Waals surface area contributed by atoms with Crippen LogP contribution >= 0.6 is 0 Å². The summed E-state index contributed by atoms with van der Waals surface area (Å²) in [6.45, 7) is 11.9. The molecule has 2 fully saturated rings. The molecule has 0 aliphatic carbocycles. The Bertz CT molecular complexity index is 1010. The molecule has 1 amide bonds. The first-order valence-corrected chi connectivity index (χ1v) is 11.9. The number of nitrogens with zero attached hydrogens (tertiary/aromatic N) is 4. The molecule has 2 aliphatic heterocycles. The standard InChI is InChI=1S/C26H31F3N4O2/c1-19(2)32-15-13-31(14-16-32)18-20-3-5-21(6-4-20)25(34)33-11-9-23(10-12-33)35-24-8-7-22(17-30-24)26(27,28)29/h3-8,17,23H,1,9-16,18H2,2H3. The van der Waals surface area contributed by atoms with Gasteiger partial charge in [0.2, 0.25) is 5.88 Å². The van der Waals surface area contributed by atoms with Crippen molar-refractivity contribution in [3.63, 3.8) is 0 Å². The number of alkyl halides is 3. The molecular formula is C26H31F3N4O2. The van der Waals surface area contributed by atoms with Gasteiger partial charge >= 0.3 is 6.18 Å². The minimum atomic E-state index is -4.42. The maximum absolute atomic E-state index is 12.9. The van der Waals surface area contributed by atoms with Gasteiger partial charge in [0.25, 0.3) is 5.91 Å². The van der Waals surface area contributed by atoms with Gasteiger partial charge in [0.15, 0.2) is 0 Å². The summed E-state index contributed by atoms with van der Waals surface area (Å²) in [5.74, 6) is 0.150. The number of rotatable bonds is 6. The molecule has 1 aromatic carbocycles. The van der Waals surface area contributed by atoms with Crippen molar-refractivity contribution in [2.75, 3.05) is 39.3 Å². The lowest BCUT2D eigenvalue weighted by Crippen LogP contribution is -2.44. The predicted octanol–water partition coefficient (Wildman–Crippen LogP) is 4.44. The Morgan fingerprint density at radius 2 is 1.66 bits per heavy atom. The molecule has 0 atom stereocenters. The van der Waals surface area contributed by atoms with Gasteiger partial charge in [-0.3, -0.25) is 9.69 Å². The molecular weight excluding hydrogens is 457 g/mol. The Labute approximate surface area is 204 Å². The van der Waals surface area contributed by atoms with E-state index in [2.05, 4.69) is 21.4 Å². The van der Waals surface area contributed by atoms with Gasteiger partial charge in [-0.2, -0.15) is 13.2 Å². The van der Waals surface area contributed by atoms with E-state index in [0.717, 1.165) is 50.7 Å². The van der Waals surface area contributed by atoms with Crippen LogP contribution in [0.1, 0.15) is 41.3 Å². The SMILES string of the molecule is C=C(C)N1CCN(Cc2ccc(C(=O)N3CCC(Oc4ccc(C(F)(F)F)cn4)CC3)cc2)CC1. The van der Waals surface area contributed by atoms with E-state index in [1.807, 2.05) is 31.2 Å². The monoisotopic (exact) mass is 488 g/mol. The summed E-state index contributed by atoms with van der Waals surface area (Å²) in [4.78, 5) is 23.2. The number of amides is 1. The van der Waals surface area contributed by atoms with Crippen LogP contribution in [0.25, 0.3) is 0 Å². The topological polar surface area (TPSA) is 48.9 Å². The van der Waals surface area contributed by atoms with E-state index in [1.54, 1.807) is 4.90 Å². The van der Waals surface area contributed by atoms with Crippen molar-refractivity contribution in [3.05, 3.63) is 71.6 Å². The van der Waals surface area contributed by atoms with E-state index < -0.39 is 11.7 Å². The molecule has 0 unspecified atom stereocenters. The number of benzene rings is 1. The van der Waals surface area contributed by atoms with E-state index in [9.17, 15) is 18.0 Å². The summed E-state index contributed by atoms with van der Waals surface area (Å²) in [5.41, 5.74) is 2.15. The number of pyridine rings is 1. The first kappa shape index (κ1) is 25.0. The third-order valence-electron chi connectivity index (χ3n) is 6.60. The van der Waals surface area contributed by atoms with Crippen LogP contribution in [0.3, 0.4) is 0 Å². The molecule has 2 aromatic rings. The first-order chi connectivity index (χ1) is 16.7. The summed E-state index contributed by atoms with van der Waals surface area (Å²) in [5, 5.41) is 0. The number of carbonyl (C=O) groups is 1. The van der Waals surface area contributed by atoms with Crippen LogP contribution in [0, 0.1) is 0 Å². The highest BCUT2D eigenvalue weighted by Crippen LogP contribution is 2.29. The van der Waals surface area contributed by atoms with Gasteiger partial charge in [0.1, 0.15) is 6.10 Å². The van der Waals surface area contributed by atoms with Crippen molar-refractivity contribution in [3.8, 4) is 5.88 Å². The molecule has 35 heavy (non-hydrogen) atoms. The van der Waals surface area contributed by atoms with Gasteiger partial charge in [-0.1, -0.05) is 18.7 Å². The van der Waals surface area contributed by atoms with Gasteiger partial charge < -0.3 is 14.5 Å². The number of allylic oxidation sites excluding steroid dienone is 1. The van der Waals surface area contributed by atoms with Crippen molar-refractivity contribution in [1.29, 1.82) is 0 Å². The van der Waals surface area contributed by atoms with Crippen molar-refractivity contribution in [1.82, 2.24) is 19.7 Å². The Balaban J connectivity index is 1.23. The third-order valence-corrected chi connectivity index (χ3v) is 6.60. The zero-order valence-corrected chi connectivity index (χ0v) is 19.9. The van der Waals surface area contributed by atoms with Gasteiger partial charge in [-0.05, 0) is 30.7 Å². The summed E-state index contributed by atoms with van der Waals surface area (Å²) in [7, 11) is 0. The number of aromatic nitrogens is 1. The highest BCUT2D eigenvalue weighted by molar-refractivity contribution is 5.94. The number of ether oxygens (including phenoxy) is 1. The summed E-state index contributed by atoms with van der Waals surface area (Å²) >= 11 is 0. The van der Waals surface area contributed by atoms with Gasteiger partial charge in [-0.15, -0.1) is 0 Å². The number of likely N-dealkylation sites (tertiary alicyclic amines) is 1. The molecule has 188 valence electrons. The smallest absolute Gasteiger partial charge is 0.417 e. The van der Waals surface area contributed by atoms with E-state index in [4.69, 9.17) is 4.74 Å². The molecule has 0 bridgehead atoms.